The van der Waals surface area contributed by atoms with E-state index in [9.17, 15) is 16.8 Å². The van der Waals surface area contributed by atoms with Gasteiger partial charge in [-0.15, -0.1) is 0 Å². The molecule has 10 heteroatoms. The first-order valence-corrected chi connectivity index (χ1v) is 11.0. The van der Waals surface area contributed by atoms with Crippen molar-refractivity contribution < 1.29 is 26.3 Å². The number of anilines is 1. The molecule has 1 heterocycles. The Balaban J connectivity index is 1.95. The molecule has 8 nitrogen and oxygen atoms in total. The molecule has 27 heavy (non-hydrogen) atoms. The summed E-state index contributed by atoms with van der Waals surface area (Å²) in [5.74, 6) is 0.832. The van der Waals surface area contributed by atoms with Gasteiger partial charge in [-0.1, -0.05) is 6.07 Å². The zero-order chi connectivity index (χ0) is 19.8. The lowest BCUT2D eigenvalue weighted by Crippen LogP contribution is -2.23. The molecule has 0 amide bonds. The molecule has 1 aliphatic heterocycles. The maximum Gasteiger partial charge on any atom is 0.262 e. The second-order valence-corrected chi connectivity index (χ2v) is 9.98. The molecule has 0 aliphatic carbocycles. The van der Waals surface area contributed by atoms with E-state index in [0.717, 1.165) is 4.31 Å². The van der Waals surface area contributed by atoms with Crippen LogP contribution in [0.5, 0.6) is 11.5 Å². The predicted molar refractivity (Wildman–Crippen MR) is 100 cm³/mol. The van der Waals surface area contributed by atoms with Crippen molar-refractivity contribution in [2.24, 2.45) is 0 Å². The van der Waals surface area contributed by atoms with E-state index in [1.165, 1.54) is 44.4 Å². The summed E-state index contributed by atoms with van der Waals surface area (Å²) in [4.78, 5) is 0.0271. The van der Waals surface area contributed by atoms with Gasteiger partial charge in [0.25, 0.3) is 10.0 Å². The van der Waals surface area contributed by atoms with E-state index in [-0.39, 0.29) is 15.5 Å². The molecule has 1 aliphatic rings. The van der Waals surface area contributed by atoms with Crippen molar-refractivity contribution in [2.75, 3.05) is 32.0 Å². The van der Waals surface area contributed by atoms with E-state index in [0.29, 0.717) is 30.3 Å². The SMILES string of the molecule is Cc1ccc(NS(=O)(=O)c2ccc3c(c2)OCCO3)cc1S(=O)(=O)N(C)C. The fraction of sp³-hybridized carbons (Fsp3) is 0.294. The Morgan fingerprint density at radius 2 is 1.59 bits per heavy atom. The van der Waals surface area contributed by atoms with Gasteiger partial charge in [0, 0.05) is 20.2 Å². The third kappa shape index (κ3) is 3.87. The van der Waals surface area contributed by atoms with Gasteiger partial charge >= 0.3 is 0 Å². The Bertz CT molecular complexity index is 1080. The molecule has 3 rings (SSSR count). The van der Waals surface area contributed by atoms with Crippen molar-refractivity contribution in [1.82, 2.24) is 4.31 Å². The predicted octanol–water partition coefficient (Wildman–Crippen LogP) is 1.82. The average molecular weight is 412 g/mol. The smallest absolute Gasteiger partial charge is 0.262 e. The van der Waals surface area contributed by atoms with Gasteiger partial charge in [-0.3, -0.25) is 4.72 Å². The second kappa shape index (κ2) is 7.02. The van der Waals surface area contributed by atoms with Gasteiger partial charge in [0.15, 0.2) is 11.5 Å². The number of fused-ring (bicyclic) bond motifs is 1. The summed E-state index contributed by atoms with van der Waals surface area (Å²) in [6.07, 6.45) is 0. The molecule has 2 aromatic rings. The van der Waals surface area contributed by atoms with Crippen molar-refractivity contribution in [1.29, 1.82) is 0 Å². The van der Waals surface area contributed by atoms with Crippen molar-refractivity contribution >= 4 is 25.7 Å². The molecule has 0 bridgehead atoms. The average Bonchev–Trinajstić information content (AvgIpc) is 2.62. The fourth-order valence-electron chi connectivity index (χ4n) is 2.54. The number of nitrogens with one attached hydrogen (secondary N) is 1. The van der Waals surface area contributed by atoms with Gasteiger partial charge in [0.1, 0.15) is 13.2 Å². The van der Waals surface area contributed by atoms with Crippen LogP contribution in [0.3, 0.4) is 0 Å². The molecule has 0 fully saturated rings. The van der Waals surface area contributed by atoms with Crippen LogP contribution >= 0.6 is 0 Å². The van der Waals surface area contributed by atoms with Gasteiger partial charge in [-0.05, 0) is 36.8 Å². The van der Waals surface area contributed by atoms with Crippen LogP contribution < -0.4 is 14.2 Å². The first-order valence-electron chi connectivity index (χ1n) is 8.07. The molecule has 0 unspecified atom stereocenters. The number of nitrogens with zero attached hydrogens (tertiary/aromatic N) is 1. The minimum Gasteiger partial charge on any atom is -0.486 e. The van der Waals surface area contributed by atoms with Gasteiger partial charge in [0.05, 0.1) is 15.5 Å². The highest BCUT2D eigenvalue weighted by molar-refractivity contribution is 7.92. The lowest BCUT2D eigenvalue weighted by atomic mass is 10.2. The van der Waals surface area contributed by atoms with Crippen LogP contribution in [0, 0.1) is 6.92 Å². The van der Waals surface area contributed by atoms with Crippen molar-refractivity contribution in [2.45, 2.75) is 16.7 Å². The highest BCUT2D eigenvalue weighted by atomic mass is 32.2. The van der Waals surface area contributed by atoms with Crippen LogP contribution in [0.25, 0.3) is 0 Å². The van der Waals surface area contributed by atoms with E-state index in [1.54, 1.807) is 13.0 Å². The Labute approximate surface area is 158 Å². The summed E-state index contributed by atoms with van der Waals surface area (Å²) in [6, 6.07) is 8.68. The molecular formula is C17H20N2O6S2. The molecule has 0 saturated carbocycles. The summed E-state index contributed by atoms with van der Waals surface area (Å²) in [7, 11) is -4.80. The summed E-state index contributed by atoms with van der Waals surface area (Å²) < 4.78 is 64.5. The van der Waals surface area contributed by atoms with Crippen molar-refractivity contribution in [3.8, 4) is 11.5 Å². The number of rotatable bonds is 5. The van der Waals surface area contributed by atoms with Gasteiger partial charge in [-0.25, -0.2) is 21.1 Å². The van der Waals surface area contributed by atoms with Crippen LogP contribution in [-0.2, 0) is 20.0 Å². The number of ether oxygens (including phenoxy) is 2. The normalized spacial score (nSPS) is 14.2. The first-order chi connectivity index (χ1) is 12.6. The number of benzene rings is 2. The molecule has 0 spiro atoms. The maximum absolute atomic E-state index is 12.7. The molecular weight excluding hydrogens is 392 g/mol. The van der Waals surface area contributed by atoms with Gasteiger partial charge < -0.3 is 9.47 Å². The lowest BCUT2D eigenvalue weighted by molar-refractivity contribution is 0.171. The first kappa shape index (κ1) is 19.5. The standard InChI is InChI=1S/C17H20N2O6S2/c1-12-4-5-13(10-17(12)27(22,23)19(2)3)18-26(20,21)14-6-7-15-16(11-14)25-9-8-24-15/h4-7,10-11,18H,8-9H2,1-3H3. The Kier molecular flexibility index (Phi) is 5.06. The summed E-state index contributed by atoms with van der Waals surface area (Å²) in [5.41, 5.74) is 0.668. The summed E-state index contributed by atoms with van der Waals surface area (Å²) in [6.45, 7) is 2.40. The summed E-state index contributed by atoms with van der Waals surface area (Å²) in [5, 5.41) is 0. The fourth-order valence-corrected chi connectivity index (χ4v) is 4.75. The van der Waals surface area contributed by atoms with Crippen LogP contribution in [-0.4, -0.2) is 48.4 Å². The highest BCUT2D eigenvalue weighted by Crippen LogP contribution is 2.33. The van der Waals surface area contributed by atoms with E-state index in [1.807, 2.05) is 0 Å². The van der Waals surface area contributed by atoms with E-state index >= 15 is 0 Å². The Hall–Kier alpha value is -2.30. The third-order valence-electron chi connectivity index (χ3n) is 4.02. The highest BCUT2D eigenvalue weighted by Gasteiger charge is 2.23. The molecule has 1 N–H and O–H groups in total. The van der Waals surface area contributed by atoms with Gasteiger partial charge in [0.2, 0.25) is 10.0 Å². The Morgan fingerprint density at radius 1 is 0.926 bits per heavy atom. The number of sulfonamides is 2. The molecule has 0 radical (unpaired) electrons. The summed E-state index contributed by atoms with van der Waals surface area (Å²) >= 11 is 0. The number of hydrogen-bond acceptors (Lipinski definition) is 6. The third-order valence-corrected chi connectivity index (χ3v) is 7.36. The maximum atomic E-state index is 12.7. The van der Waals surface area contributed by atoms with Crippen LogP contribution in [0.2, 0.25) is 0 Å². The minimum absolute atomic E-state index is 0.00987. The lowest BCUT2D eigenvalue weighted by Gasteiger charge is -2.19. The quantitative estimate of drug-likeness (QED) is 0.804. The number of hydrogen-bond donors (Lipinski definition) is 1. The molecule has 0 atom stereocenters. The van der Waals surface area contributed by atoms with E-state index < -0.39 is 20.0 Å². The molecule has 0 aromatic heterocycles. The zero-order valence-electron chi connectivity index (χ0n) is 15.1. The molecule has 146 valence electrons. The van der Waals surface area contributed by atoms with Crippen LogP contribution in [0.15, 0.2) is 46.2 Å². The van der Waals surface area contributed by atoms with Crippen LogP contribution in [0.1, 0.15) is 5.56 Å². The monoisotopic (exact) mass is 412 g/mol. The van der Waals surface area contributed by atoms with Crippen LogP contribution in [0.4, 0.5) is 5.69 Å². The molecule has 0 saturated heterocycles. The number of aryl methyl sites for hydroxylation is 1. The van der Waals surface area contributed by atoms with Crippen molar-refractivity contribution in [3.63, 3.8) is 0 Å². The largest absolute Gasteiger partial charge is 0.486 e. The van der Waals surface area contributed by atoms with E-state index in [2.05, 4.69) is 4.72 Å². The van der Waals surface area contributed by atoms with Gasteiger partial charge in [-0.2, -0.15) is 0 Å². The Morgan fingerprint density at radius 3 is 2.26 bits per heavy atom. The second-order valence-electron chi connectivity index (χ2n) is 6.18. The topological polar surface area (TPSA) is 102 Å². The van der Waals surface area contributed by atoms with Crippen molar-refractivity contribution in [3.05, 3.63) is 42.0 Å². The molecule has 2 aromatic carbocycles. The minimum atomic E-state index is -3.94. The zero-order valence-corrected chi connectivity index (χ0v) is 16.7. The van der Waals surface area contributed by atoms with E-state index in [4.69, 9.17) is 9.47 Å².